The Morgan fingerprint density at radius 2 is 2.00 bits per heavy atom. The van der Waals surface area contributed by atoms with Crippen LogP contribution < -0.4 is 0 Å². The van der Waals surface area contributed by atoms with Crippen molar-refractivity contribution in [3.05, 3.63) is 58.7 Å². The van der Waals surface area contributed by atoms with Crippen molar-refractivity contribution in [1.82, 2.24) is 19.4 Å². The molecule has 132 valence electrons. The molecule has 0 spiro atoms. The highest BCUT2D eigenvalue weighted by Gasteiger charge is 2.24. The largest absolute Gasteiger partial charge is 0.317 e. The van der Waals surface area contributed by atoms with Gasteiger partial charge in [0.1, 0.15) is 5.82 Å². The Kier molecular flexibility index (Phi) is 3.68. The van der Waals surface area contributed by atoms with Crippen LogP contribution in [0.4, 0.5) is 0 Å². The van der Waals surface area contributed by atoms with Gasteiger partial charge in [0.15, 0.2) is 0 Å². The van der Waals surface area contributed by atoms with Crippen LogP contribution in [0.1, 0.15) is 41.1 Å². The lowest BCUT2D eigenvalue weighted by Gasteiger charge is -2.24. The second kappa shape index (κ2) is 6.06. The summed E-state index contributed by atoms with van der Waals surface area (Å²) in [4.78, 5) is 11.7. The van der Waals surface area contributed by atoms with E-state index in [2.05, 4.69) is 52.0 Å². The number of likely N-dealkylation sites (N-methyl/N-ethyl adjacent to an activating group) is 1. The lowest BCUT2D eigenvalue weighted by Crippen LogP contribution is -2.27. The van der Waals surface area contributed by atoms with Gasteiger partial charge in [-0.2, -0.15) is 0 Å². The van der Waals surface area contributed by atoms with Gasteiger partial charge >= 0.3 is 0 Å². The summed E-state index contributed by atoms with van der Waals surface area (Å²) in [5.74, 6) is 0.848. The van der Waals surface area contributed by atoms with Crippen LogP contribution in [0.25, 0.3) is 22.8 Å². The molecule has 1 aliphatic carbocycles. The van der Waals surface area contributed by atoms with Crippen molar-refractivity contribution in [2.24, 2.45) is 0 Å². The van der Waals surface area contributed by atoms with E-state index in [1.165, 1.54) is 40.8 Å². The molecule has 0 bridgehead atoms. The van der Waals surface area contributed by atoms with Crippen LogP contribution in [0.15, 0.2) is 30.5 Å². The van der Waals surface area contributed by atoms with Gasteiger partial charge in [-0.05, 0) is 49.9 Å². The molecule has 0 amide bonds. The summed E-state index contributed by atoms with van der Waals surface area (Å²) in [6.45, 7) is 4.04. The molecule has 1 aliphatic heterocycles. The van der Waals surface area contributed by atoms with Gasteiger partial charge in [-0.1, -0.05) is 24.3 Å². The fourth-order valence-electron chi connectivity index (χ4n) is 4.47. The van der Waals surface area contributed by atoms with E-state index in [4.69, 9.17) is 4.98 Å². The molecule has 0 atom stereocenters. The van der Waals surface area contributed by atoms with Gasteiger partial charge in [0, 0.05) is 37.0 Å². The molecule has 3 aromatic rings. The Labute approximate surface area is 154 Å². The average Bonchev–Trinajstić information content (AvgIpc) is 2.94. The van der Waals surface area contributed by atoms with Crippen molar-refractivity contribution >= 4 is 22.8 Å². The summed E-state index contributed by atoms with van der Waals surface area (Å²) in [6, 6.07) is 8.85. The maximum atomic E-state index is 4.79. The standard InChI is InChI=1S/C22H24N4/c1-15-23-12-21-22(24-15)19-14-25(2)11-10-20(19)26(21)13-17-8-5-7-16-6-3-4-9-18(16)17/h3-4,6,9,12-13H,5,7-8,10-11,14H2,1-2H3. The highest BCUT2D eigenvalue weighted by atomic mass is 15.1. The topological polar surface area (TPSA) is 34.0 Å². The van der Waals surface area contributed by atoms with E-state index in [9.17, 15) is 0 Å². The zero-order valence-electron chi connectivity index (χ0n) is 15.5. The molecular formula is C22H24N4. The predicted molar refractivity (Wildman–Crippen MR) is 106 cm³/mol. The number of fused-ring (bicyclic) bond motifs is 4. The molecule has 4 heteroatoms. The van der Waals surface area contributed by atoms with Crippen molar-refractivity contribution in [3.63, 3.8) is 0 Å². The second-order valence-corrected chi connectivity index (χ2v) is 7.60. The number of allylic oxidation sites excluding steroid dienone is 1. The molecule has 4 nitrogen and oxygen atoms in total. The van der Waals surface area contributed by atoms with Crippen molar-refractivity contribution in [3.8, 4) is 0 Å². The first kappa shape index (κ1) is 15.8. The zero-order chi connectivity index (χ0) is 17.7. The number of hydrogen-bond donors (Lipinski definition) is 0. The van der Waals surface area contributed by atoms with Crippen LogP contribution in [-0.4, -0.2) is 33.0 Å². The minimum absolute atomic E-state index is 0.848. The van der Waals surface area contributed by atoms with E-state index in [0.717, 1.165) is 42.8 Å². The van der Waals surface area contributed by atoms with Crippen LogP contribution in [0, 0.1) is 6.92 Å². The average molecular weight is 344 g/mol. The second-order valence-electron chi connectivity index (χ2n) is 7.60. The van der Waals surface area contributed by atoms with Gasteiger partial charge in [-0.25, -0.2) is 9.97 Å². The van der Waals surface area contributed by atoms with Gasteiger partial charge < -0.3 is 9.47 Å². The van der Waals surface area contributed by atoms with Crippen LogP contribution in [0.3, 0.4) is 0 Å². The number of aromatic nitrogens is 3. The van der Waals surface area contributed by atoms with Gasteiger partial charge in [-0.15, -0.1) is 0 Å². The number of nitrogens with zero attached hydrogens (tertiary/aromatic N) is 4. The molecule has 0 fully saturated rings. The van der Waals surface area contributed by atoms with Crippen molar-refractivity contribution < 1.29 is 0 Å². The summed E-state index contributed by atoms with van der Waals surface area (Å²) in [7, 11) is 2.19. The minimum atomic E-state index is 0.848. The zero-order valence-corrected chi connectivity index (χ0v) is 15.5. The van der Waals surface area contributed by atoms with E-state index in [0.29, 0.717) is 0 Å². The molecule has 0 N–H and O–H groups in total. The molecule has 0 unspecified atom stereocenters. The maximum Gasteiger partial charge on any atom is 0.126 e. The van der Waals surface area contributed by atoms with Crippen LogP contribution in [0.5, 0.6) is 0 Å². The molecular weight excluding hydrogens is 320 g/mol. The van der Waals surface area contributed by atoms with Gasteiger partial charge in [-0.3, -0.25) is 0 Å². The third-order valence-electron chi connectivity index (χ3n) is 5.77. The molecule has 1 aromatic carbocycles. The van der Waals surface area contributed by atoms with Crippen molar-refractivity contribution in [1.29, 1.82) is 0 Å². The quantitative estimate of drug-likeness (QED) is 0.667. The molecule has 5 rings (SSSR count). The summed E-state index contributed by atoms with van der Waals surface area (Å²) in [6.07, 6.45) is 8.98. The van der Waals surface area contributed by atoms with E-state index >= 15 is 0 Å². The fraction of sp³-hybridized carbons (Fsp3) is 0.364. The highest BCUT2D eigenvalue weighted by Crippen LogP contribution is 2.34. The van der Waals surface area contributed by atoms with Crippen molar-refractivity contribution in [2.75, 3.05) is 13.6 Å². The van der Waals surface area contributed by atoms with Crippen LogP contribution >= 0.6 is 0 Å². The minimum Gasteiger partial charge on any atom is -0.317 e. The van der Waals surface area contributed by atoms with E-state index in [1.807, 2.05) is 13.1 Å². The third-order valence-corrected chi connectivity index (χ3v) is 5.77. The molecule has 26 heavy (non-hydrogen) atoms. The van der Waals surface area contributed by atoms with Crippen LogP contribution in [-0.2, 0) is 19.4 Å². The summed E-state index contributed by atoms with van der Waals surface area (Å²) in [5, 5.41) is 0. The Hall–Kier alpha value is -2.46. The first-order chi connectivity index (χ1) is 12.7. The molecule has 0 radical (unpaired) electrons. The molecule has 2 aliphatic rings. The molecule has 3 heterocycles. The third kappa shape index (κ3) is 2.48. The number of aryl methyl sites for hydroxylation is 2. The summed E-state index contributed by atoms with van der Waals surface area (Å²) >= 11 is 0. The number of hydrogen-bond acceptors (Lipinski definition) is 3. The molecule has 2 aromatic heterocycles. The molecule has 0 saturated heterocycles. The normalized spacial score (nSPS) is 18.9. The summed E-state index contributed by atoms with van der Waals surface area (Å²) < 4.78 is 2.38. The fourth-order valence-corrected chi connectivity index (χ4v) is 4.47. The number of rotatable bonds is 1. The molecule has 0 saturated carbocycles. The Morgan fingerprint density at radius 3 is 2.92 bits per heavy atom. The monoisotopic (exact) mass is 344 g/mol. The predicted octanol–water partition coefficient (Wildman–Crippen LogP) is 4.06. The maximum absolute atomic E-state index is 4.79. The van der Waals surface area contributed by atoms with Gasteiger partial charge in [0.05, 0.1) is 17.2 Å². The van der Waals surface area contributed by atoms with Gasteiger partial charge in [0.2, 0.25) is 0 Å². The van der Waals surface area contributed by atoms with E-state index < -0.39 is 0 Å². The Balaban J connectivity index is 1.74. The smallest absolute Gasteiger partial charge is 0.126 e. The lowest BCUT2D eigenvalue weighted by molar-refractivity contribution is 0.311. The van der Waals surface area contributed by atoms with Crippen molar-refractivity contribution in [2.45, 2.75) is 39.2 Å². The first-order valence-corrected chi connectivity index (χ1v) is 9.53. The number of benzene rings is 1. The van der Waals surface area contributed by atoms with Crippen LogP contribution in [0.2, 0.25) is 0 Å². The first-order valence-electron chi connectivity index (χ1n) is 9.53. The SMILES string of the molecule is Cc1ncc2c(n1)c1c(n2C=C2CCCc3ccccc32)CCN(C)C1. The lowest BCUT2D eigenvalue weighted by atomic mass is 9.88. The van der Waals surface area contributed by atoms with E-state index in [1.54, 1.807) is 0 Å². The van der Waals surface area contributed by atoms with Gasteiger partial charge in [0.25, 0.3) is 0 Å². The van der Waals surface area contributed by atoms with E-state index in [-0.39, 0.29) is 0 Å². The summed E-state index contributed by atoms with van der Waals surface area (Å²) in [5.41, 5.74) is 9.38. The highest BCUT2D eigenvalue weighted by molar-refractivity contribution is 5.87. The Bertz CT molecular complexity index is 1030. The Morgan fingerprint density at radius 1 is 1.12 bits per heavy atom.